The molecule has 20 heavy (non-hydrogen) atoms. The Morgan fingerprint density at radius 1 is 1.40 bits per heavy atom. The van der Waals surface area contributed by atoms with Gasteiger partial charge in [-0.3, -0.25) is 0 Å². The fourth-order valence-corrected chi connectivity index (χ4v) is 1.80. The number of aromatic amines is 1. The van der Waals surface area contributed by atoms with Crippen LogP contribution in [0.15, 0.2) is 22.8 Å². The first-order chi connectivity index (χ1) is 9.79. The molecule has 2 aromatic heterocycles. The SMILES string of the molecule is N#CCCOc1cccc2nc(-c3nonc3N)[nH]c12. The Morgan fingerprint density at radius 2 is 2.30 bits per heavy atom. The standard InChI is InChI=1S/C12H10N6O2/c13-5-2-6-19-8-4-1-3-7-9(8)16-12(15-7)10-11(14)18-20-17-10/h1,3-4H,2,6H2,(H2,14,18)(H,15,16). The Hall–Kier alpha value is -3.08. The monoisotopic (exact) mass is 270 g/mol. The summed E-state index contributed by atoms with van der Waals surface area (Å²) in [5, 5.41) is 15.7. The lowest BCUT2D eigenvalue weighted by Gasteiger charge is -2.03. The molecule has 0 unspecified atom stereocenters. The van der Waals surface area contributed by atoms with Gasteiger partial charge in [0.1, 0.15) is 17.9 Å². The van der Waals surface area contributed by atoms with Crippen molar-refractivity contribution in [3.05, 3.63) is 18.2 Å². The first-order valence-corrected chi connectivity index (χ1v) is 5.86. The van der Waals surface area contributed by atoms with Gasteiger partial charge in [0.25, 0.3) is 0 Å². The van der Waals surface area contributed by atoms with Crippen LogP contribution >= 0.6 is 0 Å². The Balaban J connectivity index is 2.01. The number of rotatable bonds is 4. The van der Waals surface area contributed by atoms with Crippen molar-refractivity contribution in [1.29, 1.82) is 5.26 Å². The third-order valence-electron chi connectivity index (χ3n) is 2.69. The molecule has 0 radical (unpaired) electrons. The molecule has 0 bridgehead atoms. The molecular formula is C12H10N6O2. The summed E-state index contributed by atoms with van der Waals surface area (Å²) >= 11 is 0. The summed E-state index contributed by atoms with van der Waals surface area (Å²) in [6.07, 6.45) is 0.317. The molecule has 8 heteroatoms. The van der Waals surface area contributed by atoms with Gasteiger partial charge in [0.2, 0.25) is 0 Å². The van der Waals surface area contributed by atoms with Crippen LogP contribution in [0.25, 0.3) is 22.6 Å². The van der Waals surface area contributed by atoms with Crippen molar-refractivity contribution in [2.75, 3.05) is 12.3 Å². The van der Waals surface area contributed by atoms with Crippen LogP contribution in [0.5, 0.6) is 5.75 Å². The maximum Gasteiger partial charge on any atom is 0.199 e. The second kappa shape index (κ2) is 4.89. The van der Waals surface area contributed by atoms with Crippen LogP contribution in [-0.2, 0) is 0 Å². The van der Waals surface area contributed by atoms with Crippen molar-refractivity contribution in [1.82, 2.24) is 20.3 Å². The van der Waals surface area contributed by atoms with Crippen LogP contribution in [0.1, 0.15) is 6.42 Å². The zero-order valence-corrected chi connectivity index (χ0v) is 10.3. The molecule has 1 aromatic carbocycles. The molecule has 3 N–H and O–H groups in total. The third-order valence-corrected chi connectivity index (χ3v) is 2.69. The highest BCUT2D eigenvalue weighted by molar-refractivity contribution is 5.85. The number of aromatic nitrogens is 4. The van der Waals surface area contributed by atoms with Gasteiger partial charge in [-0.05, 0) is 22.4 Å². The van der Waals surface area contributed by atoms with Crippen molar-refractivity contribution in [3.63, 3.8) is 0 Å². The first kappa shape index (κ1) is 12.0. The molecule has 100 valence electrons. The average molecular weight is 270 g/mol. The Morgan fingerprint density at radius 3 is 3.05 bits per heavy atom. The molecule has 0 fully saturated rings. The highest BCUT2D eigenvalue weighted by Gasteiger charge is 2.15. The van der Waals surface area contributed by atoms with Gasteiger partial charge in [0, 0.05) is 0 Å². The number of hydrogen-bond acceptors (Lipinski definition) is 7. The molecule has 0 saturated heterocycles. The largest absolute Gasteiger partial charge is 0.490 e. The number of nitrogens with zero attached hydrogens (tertiary/aromatic N) is 4. The van der Waals surface area contributed by atoms with Crippen LogP contribution in [0.2, 0.25) is 0 Å². The summed E-state index contributed by atoms with van der Waals surface area (Å²) in [4.78, 5) is 7.43. The molecule has 0 spiro atoms. The van der Waals surface area contributed by atoms with Gasteiger partial charge in [-0.15, -0.1) is 0 Å². The highest BCUT2D eigenvalue weighted by Crippen LogP contribution is 2.28. The summed E-state index contributed by atoms with van der Waals surface area (Å²) in [5.41, 5.74) is 7.40. The molecule has 8 nitrogen and oxygen atoms in total. The van der Waals surface area contributed by atoms with E-state index in [-0.39, 0.29) is 5.82 Å². The number of anilines is 1. The van der Waals surface area contributed by atoms with Gasteiger partial charge in [-0.2, -0.15) is 5.26 Å². The minimum absolute atomic E-state index is 0.163. The number of nitrogen functional groups attached to an aromatic ring is 1. The predicted octanol–water partition coefficient (Wildman–Crippen LogP) is 1.49. The number of hydrogen-bond donors (Lipinski definition) is 2. The number of nitrogens with two attached hydrogens (primary N) is 1. The number of para-hydroxylation sites is 1. The summed E-state index contributed by atoms with van der Waals surface area (Å²) in [6, 6.07) is 7.47. The van der Waals surface area contributed by atoms with Gasteiger partial charge in [-0.1, -0.05) is 6.07 Å². The summed E-state index contributed by atoms with van der Waals surface area (Å²) in [5.74, 6) is 1.23. The van der Waals surface area contributed by atoms with E-state index in [0.717, 1.165) is 0 Å². The lowest BCUT2D eigenvalue weighted by Crippen LogP contribution is -1.96. The van der Waals surface area contributed by atoms with Gasteiger partial charge in [0.15, 0.2) is 17.3 Å². The van der Waals surface area contributed by atoms with Gasteiger partial charge >= 0.3 is 0 Å². The van der Waals surface area contributed by atoms with E-state index in [1.165, 1.54) is 0 Å². The molecule has 0 aliphatic heterocycles. The Labute approximate surface area is 113 Å². The molecule has 0 amide bonds. The van der Waals surface area contributed by atoms with Crippen molar-refractivity contribution in [3.8, 4) is 23.3 Å². The minimum Gasteiger partial charge on any atom is -0.490 e. The zero-order valence-electron chi connectivity index (χ0n) is 10.3. The van der Waals surface area contributed by atoms with Crippen LogP contribution in [0.4, 0.5) is 5.82 Å². The zero-order chi connectivity index (χ0) is 13.9. The lowest BCUT2D eigenvalue weighted by atomic mass is 10.3. The number of nitriles is 1. The molecule has 3 aromatic rings. The number of nitrogens with one attached hydrogen (secondary N) is 1. The number of H-pyrrole nitrogens is 1. The minimum atomic E-state index is 0.163. The summed E-state index contributed by atoms with van der Waals surface area (Å²) < 4.78 is 10.1. The maximum absolute atomic E-state index is 8.53. The van der Waals surface area contributed by atoms with Gasteiger partial charge in [0.05, 0.1) is 18.0 Å². The van der Waals surface area contributed by atoms with E-state index in [1.807, 2.05) is 18.2 Å². The van der Waals surface area contributed by atoms with Gasteiger partial charge < -0.3 is 15.5 Å². The molecule has 0 aliphatic carbocycles. The number of fused-ring (bicyclic) bond motifs is 1. The number of imidazole rings is 1. The lowest BCUT2D eigenvalue weighted by molar-refractivity contribution is 0.310. The highest BCUT2D eigenvalue weighted by atomic mass is 16.6. The van der Waals surface area contributed by atoms with Crippen molar-refractivity contribution < 1.29 is 9.37 Å². The summed E-state index contributed by atoms with van der Waals surface area (Å²) in [7, 11) is 0. The fraction of sp³-hybridized carbons (Fsp3) is 0.167. The van der Waals surface area contributed by atoms with Crippen molar-refractivity contribution in [2.24, 2.45) is 0 Å². The van der Waals surface area contributed by atoms with Gasteiger partial charge in [-0.25, -0.2) is 9.61 Å². The maximum atomic E-state index is 8.53. The van der Waals surface area contributed by atoms with Crippen LogP contribution in [0.3, 0.4) is 0 Å². The van der Waals surface area contributed by atoms with Crippen LogP contribution in [-0.4, -0.2) is 26.9 Å². The van der Waals surface area contributed by atoms with Crippen molar-refractivity contribution in [2.45, 2.75) is 6.42 Å². The molecule has 2 heterocycles. The van der Waals surface area contributed by atoms with Crippen LogP contribution < -0.4 is 10.5 Å². The van der Waals surface area contributed by atoms with E-state index in [9.17, 15) is 0 Å². The number of benzene rings is 1. The average Bonchev–Trinajstić information content (AvgIpc) is 3.05. The predicted molar refractivity (Wildman–Crippen MR) is 69.5 cm³/mol. The fourth-order valence-electron chi connectivity index (χ4n) is 1.80. The van der Waals surface area contributed by atoms with Crippen molar-refractivity contribution >= 4 is 16.9 Å². The van der Waals surface area contributed by atoms with E-state index in [2.05, 4.69) is 24.9 Å². The van der Waals surface area contributed by atoms with Crippen LogP contribution in [0, 0.1) is 11.3 Å². The molecule has 0 saturated carbocycles. The topological polar surface area (TPSA) is 127 Å². The molecular weight excluding hydrogens is 260 g/mol. The Kier molecular flexibility index (Phi) is 2.93. The second-order valence-electron chi connectivity index (χ2n) is 3.99. The van der Waals surface area contributed by atoms with E-state index >= 15 is 0 Å². The molecule has 3 rings (SSSR count). The first-order valence-electron chi connectivity index (χ1n) is 5.86. The number of ether oxygens (including phenoxy) is 1. The smallest absolute Gasteiger partial charge is 0.199 e. The summed E-state index contributed by atoms with van der Waals surface area (Å²) in [6.45, 7) is 0.317. The molecule has 0 aliphatic rings. The Bertz CT molecular complexity index is 785. The second-order valence-corrected chi connectivity index (χ2v) is 3.99. The third kappa shape index (κ3) is 2.01. The van der Waals surface area contributed by atoms with E-state index < -0.39 is 0 Å². The quantitative estimate of drug-likeness (QED) is 0.687. The molecule has 0 atom stereocenters. The van der Waals surface area contributed by atoms with E-state index in [1.54, 1.807) is 6.07 Å². The van der Waals surface area contributed by atoms with E-state index in [0.29, 0.717) is 41.3 Å². The van der Waals surface area contributed by atoms with E-state index in [4.69, 9.17) is 15.7 Å². The normalized spacial score (nSPS) is 10.6.